The van der Waals surface area contributed by atoms with Crippen molar-refractivity contribution in [1.82, 2.24) is 9.38 Å². The van der Waals surface area contributed by atoms with E-state index in [0.717, 1.165) is 47.6 Å². The zero-order valence-electron chi connectivity index (χ0n) is 15.4. The molecule has 0 aliphatic heterocycles. The van der Waals surface area contributed by atoms with Gasteiger partial charge in [-0.3, -0.25) is 4.40 Å². The minimum absolute atomic E-state index is 0.270. The van der Waals surface area contributed by atoms with Crippen LogP contribution >= 0.6 is 0 Å². The molecule has 0 spiro atoms. The minimum Gasteiger partial charge on any atom is -0.371 e. The summed E-state index contributed by atoms with van der Waals surface area (Å²) >= 11 is 0. The molecule has 25 heavy (non-hydrogen) atoms. The molecule has 0 unspecified atom stereocenters. The molecule has 0 fully saturated rings. The molecule has 2 N–H and O–H groups in total. The molecule has 0 atom stereocenters. The molecule has 3 aromatic rings. The first-order chi connectivity index (χ1) is 12.0. The van der Waals surface area contributed by atoms with Crippen LogP contribution < -0.4 is 10.2 Å². The number of aromatic nitrogens is 2. The van der Waals surface area contributed by atoms with Gasteiger partial charge in [-0.15, -0.1) is 0 Å². The SMILES string of the molecule is CC(C)c1cc(NCCC[NH+](C)C)n2c(nc3ccccc32)c1C#N. The highest BCUT2D eigenvalue weighted by Gasteiger charge is 2.18. The lowest BCUT2D eigenvalue weighted by atomic mass is 9.99. The van der Waals surface area contributed by atoms with Crippen LogP contribution in [0.1, 0.15) is 37.3 Å². The maximum Gasteiger partial charge on any atom is 0.157 e. The first-order valence-electron chi connectivity index (χ1n) is 8.90. The van der Waals surface area contributed by atoms with Gasteiger partial charge in [0.2, 0.25) is 0 Å². The van der Waals surface area contributed by atoms with Crippen molar-refractivity contribution in [2.45, 2.75) is 26.2 Å². The smallest absolute Gasteiger partial charge is 0.157 e. The van der Waals surface area contributed by atoms with E-state index >= 15 is 0 Å². The van der Waals surface area contributed by atoms with Gasteiger partial charge < -0.3 is 10.2 Å². The Kier molecular flexibility index (Phi) is 4.91. The maximum absolute atomic E-state index is 9.73. The van der Waals surface area contributed by atoms with Crippen LogP contribution in [-0.2, 0) is 0 Å². The molecule has 0 radical (unpaired) electrons. The highest BCUT2D eigenvalue weighted by atomic mass is 15.1. The zero-order valence-corrected chi connectivity index (χ0v) is 15.4. The number of hydrogen-bond acceptors (Lipinski definition) is 3. The number of benzene rings is 1. The van der Waals surface area contributed by atoms with Crippen LogP contribution in [0.25, 0.3) is 16.7 Å². The second-order valence-electron chi connectivity index (χ2n) is 7.12. The van der Waals surface area contributed by atoms with Gasteiger partial charge in [-0.05, 0) is 29.7 Å². The largest absolute Gasteiger partial charge is 0.371 e. The number of para-hydroxylation sites is 2. The number of nitrogens with zero attached hydrogens (tertiary/aromatic N) is 3. The first kappa shape index (κ1) is 17.2. The quantitative estimate of drug-likeness (QED) is 0.680. The Morgan fingerprint density at radius 1 is 1.28 bits per heavy atom. The van der Waals surface area contributed by atoms with Crippen molar-refractivity contribution in [1.29, 1.82) is 5.26 Å². The van der Waals surface area contributed by atoms with Gasteiger partial charge in [0.25, 0.3) is 0 Å². The zero-order chi connectivity index (χ0) is 18.0. The van der Waals surface area contributed by atoms with Crippen LogP contribution in [0.5, 0.6) is 0 Å². The Balaban J connectivity index is 2.14. The number of imidazole rings is 1. The minimum atomic E-state index is 0.270. The van der Waals surface area contributed by atoms with E-state index in [-0.39, 0.29) is 5.92 Å². The molecule has 130 valence electrons. The van der Waals surface area contributed by atoms with Crippen molar-refractivity contribution in [3.63, 3.8) is 0 Å². The summed E-state index contributed by atoms with van der Waals surface area (Å²) in [6.07, 6.45) is 1.09. The number of nitriles is 1. The van der Waals surface area contributed by atoms with Crippen LogP contribution in [-0.4, -0.2) is 36.6 Å². The van der Waals surface area contributed by atoms with Crippen molar-refractivity contribution < 1.29 is 4.90 Å². The van der Waals surface area contributed by atoms with E-state index in [0.29, 0.717) is 5.56 Å². The fourth-order valence-corrected chi connectivity index (χ4v) is 3.21. The highest BCUT2D eigenvalue weighted by molar-refractivity contribution is 5.85. The van der Waals surface area contributed by atoms with E-state index in [1.807, 2.05) is 18.2 Å². The molecule has 0 aliphatic rings. The molecule has 0 amide bonds. The Labute approximate surface area is 148 Å². The summed E-state index contributed by atoms with van der Waals surface area (Å²) in [5, 5.41) is 13.3. The third kappa shape index (κ3) is 3.31. The van der Waals surface area contributed by atoms with Crippen LogP contribution in [0.3, 0.4) is 0 Å². The molecule has 0 saturated heterocycles. The van der Waals surface area contributed by atoms with Crippen molar-refractivity contribution >= 4 is 22.5 Å². The van der Waals surface area contributed by atoms with Crippen molar-refractivity contribution in [2.24, 2.45) is 0 Å². The van der Waals surface area contributed by atoms with Gasteiger partial charge in [0, 0.05) is 13.0 Å². The Morgan fingerprint density at radius 3 is 2.72 bits per heavy atom. The molecule has 0 bridgehead atoms. The molecule has 2 heterocycles. The Morgan fingerprint density at radius 2 is 2.04 bits per heavy atom. The summed E-state index contributed by atoms with van der Waals surface area (Å²) in [7, 11) is 4.33. The number of pyridine rings is 1. The van der Waals surface area contributed by atoms with Gasteiger partial charge >= 0.3 is 0 Å². The molecule has 0 aliphatic carbocycles. The van der Waals surface area contributed by atoms with E-state index in [2.05, 4.69) is 55.9 Å². The molecular formula is C20H26N5+. The molecule has 1 aromatic carbocycles. The van der Waals surface area contributed by atoms with Crippen LogP contribution in [0.15, 0.2) is 30.3 Å². The van der Waals surface area contributed by atoms with Crippen LogP contribution in [0, 0.1) is 11.3 Å². The maximum atomic E-state index is 9.73. The van der Waals surface area contributed by atoms with Crippen LogP contribution in [0.4, 0.5) is 5.82 Å². The second kappa shape index (κ2) is 7.12. The third-order valence-corrected chi connectivity index (χ3v) is 4.50. The molecule has 5 nitrogen and oxygen atoms in total. The average Bonchev–Trinajstić information content (AvgIpc) is 2.97. The third-order valence-electron chi connectivity index (χ3n) is 4.50. The number of nitrogens with one attached hydrogen (secondary N) is 2. The van der Waals surface area contributed by atoms with Crippen molar-refractivity contribution in [3.8, 4) is 6.07 Å². The predicted molar refractivity (Wildman–Crippen MR) is 102 cm³/mol. The van der Waals surface area contributed by atoms with E-state index in [4.69, 9.17) is 4.98 Å². The van der Waals surface area contributed by atoms with Crippen molar-refractivity contribution in [3.05, 3.63) is 41.5 Å². The lowest BCUT2D eigenvalue weighted by molar-refractivity contribution is -0.858. The molecule has 0 saturated carbocycles. The normalized spacial score (nSPS) is 11.6. The van der Waals surface area contributed by atoms with Gasteiger partial charge in [-0.25, -0.2) is 4.98 Å². The number of quaternary nitrogens is 1. The fraction of sp³-hybridized carbons (Fsp3) is 0.400. The summed E-state index contributed by atoms with van der Waals surface area (Å²) in [5.74, 6) is 1.28. The van der Waals surface area contributed by atoms with E-state index in [1.165, 1.54) is 4.90 Å². The van der Waals surface area contributed by atoms with Gasteiger partial charge in [-0.1, -0.05) is 26.0 Å². The fourth-order valence-electron chi connectivity index (χ4n) is 3.21. The van der Waals surface area contributed by atoms with Gasteiger partial charge in [0.15, 0.2) is 5.65 Å². The summed E-state index contributed by atoms with van der Waals surface area (Å²) < 4.78 is 2.09. The van der Waals surface area contributed by atoms with E-state index < -0.39 is 0 Å². The summed E-state index contributed by atoms with van der Waals surface area (Å²) in [6, 6.07) is 12.5. The first-order valence-corrected chi connectivity index (χ1v) is 8.90. The van der Waals surface area contributed by atoms with Gasteiger partial charge in [0.05, 0.1) is 37.2 Å². The average molecular weight is 336 g/mol. The lowest BCUT2D eigenvalue weighted by Crippen LogP contribution is -3.05. The topological polar surface area (TPSA) is 57.6 Å². The highest BCUT2D eigenvalue weighted by Crippen LogP contribution is 2.30. The molecule has 3 rings (SSSR count). The monoisotopic (exact) mass is 336 g/mol. The van der Waals surface area contributed by atoms with Gasteiger partial charge in [0.1, 0.15) is 11.9 Å². The number of fused-ring (bicyclic) bond motifs is 3. The van der Waals surface area contributed by atoms with E-state index in [9.17, 15) is 5.26 Å². The summed E-state index contributed by atoms with van der Waals surface area (Å²) in [6.45, 7) is 6.26. The molecule has 5 heteroatoms. The Hall–Kier alpha value is -2.58. The number of rotatable bonds is 6. The van der Waals surface area contributed by atoms with Gasteiger partial charge in [-0.2, -0.15) is 5.26 Å². The molecule has 2 aromatic heterocycles. The predicted octanol–water partition coefficient (Wildman–Crippen LogP) is 2.43. The van der Waals surface area contributed by atoms with Crippen molar-refractivity contribution in [2.75, 3.05) is 32.5 Å². The summed E-state index contributed by atoms with van der Waals surface area (Å²) in [4.78, 5) is 6.19. The lowest BCUT2D eigenvalue weighted by Gasteiger charge is -2.16. The standard InChI is InChI=1S/C20H25N5/c1-14(2)15-12-19(22-10-7-11-24(3)4)25-18-9-6-5-8-17(18)23-20(25)16(15)13-21/h5-6,8-9,12,14,22H,7,10-11H2,1-4H3/p+1. The number of hydrogen-bond donors (Lipinski definition) is 2. The Bertz CT molecular complexity index is 931. The summed E-state index contributed by atoms with van der Waals surface area (Å²) in [5.41, 5.74) is 4.42. The second-order valence-corrected chi connectivity index (χ2v) is 7.12. The van der Waals surface area contributed by atoms with Crippen LogP contribution in [0.2, 0.25) is 0 Å². The number of anilines is 1. The van der Waals surface area contributed by atoms with E-state index in [1.54, 1.807) is 0 Å². The molecular weight excluding hydrogens is 310 g/mol.